The third kappa shape index (κ3) is 2.83. The zero-order valence-corrected chi connectivity index (χ0v) is 8.38. The number of carbonyl (C=O) groups excluding carboxylic acids is 1. The first-order valence-electron chi connectivity index (χ1n) is 5.03. The van der Waals surface area contributed by atoms with Gasteiger partial charge in [-0.1, -0.05) is 25.4 Å². The van der Waals surface area contributed by atoms with Crippen LogP contribution < -0.4 is 0 Å². The molecule has 1 rings (SSSR count). The first-order chi connectivity index (χ1) is 6.27. The minimum Gasteiger partial charge on any atom is -0.392 e. The van der Waals surface area contributed by atoms with E-state index in [4.69, 9.17) is 4.84 Å². The molecule has 1 aliphatic heterocycles. The monoisotopic (exact) mass is 183 g/mol. The van der Waals surface area contributed by atoms with Crippen LogP contribution in [0.5, 0.6) is 0 Å². The minimum atomic E-state index is 0.124. The Bertz CT molecular complexity index is 211. The molecule has 13 heavy (non-hydrogen) atoms. The van der Waals surface area contributed by atoms with Crippen LogP contribution in [0.3, 0.4) is 0 Å². The number of ketones is 1. The molecule has 0 aromatic heterocycles. The second-order valence-electron chi connectivity index (χ2n) is 3.39. The summed E-state index contributed by atoms with van der Waals surface area (Å²) in [5, 5.41) is 3.81. The van der Waals surface area contributed by atoms with Crippen LogP contribution in [0.15, 0.2) is 5.16 Å². The first kappa shape index (κ1) is 10.2. The van der Waals surface area contributed by atoms with Gasteiger partial charge >= 0.3 is 0 Å². The van der Waals surface area contributed by atoms with E-state index in [1.54, 1.807) is 0 Å². The van der Waals surface area contributed by atoms with Gasteiger partial charge in [-0.25, -0.2) is 0 Å². The molecule has 0 radical (unpaired) electrons. The van der Waals surface area contributed by atoms with Crippen LogP contribution in [0.25, 0.3) is 0 Å². The molecule has 0 spiro atoms. The summed E-state index contributed by atoms with van der Waals surface area (Å²) in [5.74, 6) is 0.124. The molecule has 0 fully saturated rings. The molecule has 0 amide bonds. The highest BCUT2D eigenvalue weighted by atomic mass is 16.6. The van der Waals surface area contributed by atoms with E-state index in [0.717, 1.165) is 19.3 Å². The Labute approximate surface area is 79.1 Å². The predicted octanol–water partition coefficient (Wildman–Crippen LogP) is 2.30. The minimum absolute atomic E-state index is 0.124. The van der Waals surface area contributed by atoms with Crippen LogP contribution in [0.4, 0.5) is 0 Å². The Kier molecular flexibility index (Phi) is 3.93. The van der Waals surface area contributed by atoms with Gasteiger partial charge in [0, 0.05) is 12.8 Å². The Morgan fingerprint density at radius 2 is 2.38 bits per heavy atom. The molecule has 3 heteroatoms. The van der Waals surface area contributed by atoms with Gasteiger partial charge in [-0.3, -0.25) is 4.79 Å². The highest BCUT2D eigenvalue weighted by Gasteiger charge is 2.23. The van der Waals surface area contributed by atoms with E-state index in [-0.39, 0.29) is 11.9 Å². The normalized spacial score (nSPS) is 21.1. The van der Waals surface area contributed by atoms with E-state index >= 15 is 0 Å². The number of carbonyl (C=O) groups is 1. The second kappa shape index (κ2) is 5.00. The lowest BCUT2D eigenvalue weighted by Crippen LogP contribution is -2.14. The molecule has 74 valence electrons. The van der Waals surface area contributed by atoms with Crippen molar-refractivity contribution in [3.05, 3.63) is 0 Å². The molecule has 1 unspecified atom stereocenters. The average Bonchev–Trinajstić information content (AvgIpc) is 2.62. The van der Waals surface area contributed by atoms with Crippen molar-refractivity contribution in [2.75, 3.05) is 0 Å². The summed E-state index contributed by atoms with van der Waals surface area (Å²) >= 11 is 0. The van der Waals surface area contributed by atoms with Crippen molar-refractivity contribution in [2.45, 2.75) is 52.1 Å². The summed E-state index contributed by atoms with van der Waals surface area (Å²) < 4.78 is 0. The molecule has 0 N–H and O–H groups in total. The van der Waals surface area contributed by atoms with Gasteiger partial charge in [-0.15, -0.1) is 0 Å². The van der Waals surface area contributed by atoms with E-state index in [0.29, 0.717) is 18.6 Å². The van der Waals surface area contributed by atoms with Crippen LogP contribution in [-0.2, 0) is 9.63 Å². The maximum Gasteiger partial charge on any atom is 0.180 e. The smallest absolute Gasteiger partial charge is 0.180 e. The molecule has 0 saturated heterocycles. The highest BCUT2D eigenvalue weighted by molar-refractivity contribution is 6.40. The summed E-state index contributed by atoms with van der Waals surface area (Å²) in [5.41, 5.74) is 0.628. The fourth-order valence-electron chi connectivity index (χ4n) is 1.38. The van der Waals surface area contributed by atoms with Crippen molar-refractivity contribution in [1.82, 2.24) is 0 Å². The van der Waals surface area contributed by atoms with E-state index in [1.807, 2.05) is 6.92 Å². The van der Waals surface area contributed by atoms with Crippen LogP contribution in [0.1, 0.15) is 46.0 Å². The topological polar surface area (TPSA) is 38.7 Å². The molecule has 0 aliphatic carbocycles. The molecule has 0 saturated carbocycles. The number of oxime groups is 1. The Hall–Kier alpha value is -0.860. The maximum absolute atomic E-state index is 11.2. The third-order valence-electron chi connectivity index (χ3n) is 2.26. The summed E-state index contributed by atoms with van der Waals surface area (Å²) in [7, 11) is 0. The van der Waals surface area contributed by atoms with Gasteiger partial charge in [0.2, 0.25) is 0 Å². The van der Waals surface area contributed by atoms with Gasteiger partial charge in [-0.05, 0) is 12.8 Å². The van der Waals surface area contributed by atoms with Crippen molar-refractivity contribution in [3.8, 4) is 0 Å². The van der Waals surface area contributed by atoms with Crippen LogP contribution in [-0.4, -0.2) is 17.6 Å². The molecular weight excluding hydrogens is 166 g/mol. The van der Waals surface area contributed by atoms with E-state index in [2.05, 4.69) is 12.1 Å². The summed E-state index contributed by atoms with van der Waals surface area (Å²) in [6, 6.07) is 0. The number of Topliss-reactive ketones (excluding diaryl/α,β-unsaturated/α-hetero) is 1. The molecule has 0 bridgehead atoms. The lowest BCUT2D eigenvalue weighted by Gasteiger charge is -2.05. The zero-order valence-electron chi connectivity index (χ0n) is 8.38. The number of nitrogens with zero attached hydrogens (tertiary/aromatic N) is 1. The van der Waals surface area contributed by atoms with E-state index < -0.39 is 0 Å². The van der Waals surface area contributed by atoms with Crippen molar-refractivity contribution in [3.63, 3.8) is 0 Å². The lowest BCUT2D eigenvalue weighted by molar-refractivity contribution is -0.112. The van der Waals surface area contributed by atoms with Crippen molar-refractivity contribution in [2.24, 2.45) is 5.16 Å². The van der Waals surface area contributed by atoms with Crippen LogP contribution >= 0.6 is 0 Å². The zero-order chi connectivity index (χ0) is 9.68. The number of hydrogen-bond donors (Lipinski definition) is 0. The van der Waals surface area contributed by atoms with E-state index in [9.17, 15) is 4.79 Å². The quantitative estimate of drug-likeness (QED) is 0.656. The summed E-state index contributed by atoms with van der Waals surface area (Å²) in [6.45, 7) is 4.00. The summed E-state index contributed by atoms with van der Waals surface area (Å²) in [4.78, 5) is 16.4. The maximum atomic E-state index is 11.2. The SMILES string of the molecule is CCCCC1CC(C(=O)CC)=NO1. The Morgan fingerprint density at radius 3 is 3.00 bits per heavy atom. The average molecular weight is 183 g/mol. The first-order valence-corrected chi connectivity index (χ1v) is 5.03. The lowest BCUT2D eigenvalue weighted by atomic mass is 10.0. The second-order valence-corrected chi connectivity index (χ2v) is 3.39. The molecule has 1 heterocycles. The van der Waals surface area contributed by atoms with E-state index in [1.165, 1.54) is 0 Å². The predicted molar refractivity (Wildman–Crippen MR) is 51.7 cm³/mol. The molecular formula is C10H17NO2. The standard InChI is InChI=1S/C10H17NO2/c1-3-5-6-8-7-9(11-13-8)10(12)4-2/h8H,3-7H2,1-2H3. The van der Waals surface area contributed by atoms with Crippen LogP contribution in [0.2, 0.25) is 0 Å². The molecule has 1 atom stereocenters. The van der Waals surface area contributed by atoms with Gasteiger partial charge in [-0.2, -0.15) is 0 Å². The molecule has 1 aliphatic rings. The molecule has 0 aromatic carbocycles. The third-order valence-corrected chi connectivity index (χ3v) is 2.26. The van der Waals surface area contributed by atoms with Gasteiger partial charge in [0.25, 0.3) is 0 Å². The highest BCUT2D eigenvalue weighted by Crippen LogP contribution is 2.17. The fourth-order valence-corrected chi connectivity index (χ4v) is 1.38. The Morgan fingerprint density at radius 1 is 1.62 bits per heavy atom. The molecule has 3 nitrogen and oxygen atoms in total. The number of unbranched alkanes of at least 4 members (excludes halogenated alkanes) is 1. The van der Waals surface area contributed by atoms with Crippen molar-refractivity contribution >= 4 is 11.5 Å². The number of hydrogen-bond acceptors (Lipinski definition) is 3. The molecule has 0 aromatic rings. The largest absolute Gasteiger partial charge is 0.392 e. The van der Waals surface area contributed by atoms with Gasteiger partial charge in [0.1, 0.15) is 11.8 Å². The summed E-state index contributed by atoms with van der Waals surface area (Å²) in [6.07, 6.45) is 4.73. The van der Waals surface area contributed by atoms with Crippen LogP contribution in [0, 0.1) is 0 Å². The van der Waals surface area contributed by atoms with Crippen molar-refractivity contribution in [1.29, 1.82) is 0 Å². The number of rotatable bonds is 5. The van der Waals surface area contributed by atoms with Gasteiger partial charge < -0.3 is 4.84 Å². The van der Waals surface area contributed by atoms with Crippen molar-refractivity contribution < 1.29 is 9.63 Å². The van der Waals surface area contributed by atoms with Gasteiger partial charge in [0.05, 0.1) is 0 Å². The fraction of sp³-hybridized carbons (Fsp3) is 0.800. The Balaban J connectivity index is 2.29. The van der Waals surface area contributed by atoms with Gasteiger partial charge in [0.15, 0.2) is 5.78 Å².